The molecule has 12 heteroatoms. The van der Waals surface area contributed by atoms with E-state index in [0.29, 0.717) is 65.6 Å². The summed E-state index contributed by atoms with van der Waals surface area (Å²) in [4.78, 5) is 19.1. The number of aliphatic hydroxyl groups excluding tert-OH is 1. The third kappa shape index (κ3) is 4.70. The maximum Gasteiger partial charge on any atom is 0.319 e. The monoisotopic (exact) mass is 670 g/mol. The molecule has 4 aromatic rings. The molecule has 0 spiro atoms. The van der Waals surface area contributed by atoms with Crippen molar-refractivity contribution in [2.75, 3.05) is 44.4 Å². The maximum absolute atomic E-state index is 17.2. The minimum Gasteiger partial charge on any atom is -0.508 e. The predicted molar refractivity (Wildman–Crippen MR) is 179 cm³/mol. The Labute approximate surface area is 282 Å². The van der Waals surface area contributed by atoms with Gasteiger partial charge in [-0.1, -0.05) is 13.0 Å². The number of benzene rings is 2. The number of ether oxygens (including phenoxy) is 2. The molecule has 0 radical (unpaired) electrons. The van der Waals surface area contributed by atoms with Gasteiger partial charge in [0.25, 0.3) is 0 Å². The number of nitrogens with zero attached hydrogens (tertiary/aromatic N) is 5. The summed E-state index contributed by atoms with van der Waals surface area (Å²) in [5, 5.41) is 26.0. The number of piperazine rings is 1. The van der Waals surface area contributed by atoms with Gasteiger partial charge in [0.2, 0.25) is 5.88 Å². The highest BCUT2D eigenvalue weighted by Gasteiger charge is 2.55. The van der Waals surface area contributed by atoms with E-state index in [4.69, 9.17) is 24.4 Å². The van der Waals surface area contributed by atoms with Crippen LogP contribution in [0.25, 0.3) is 32.9 Å². The molecular weight excluding hydrogens is 630 g/mol. The van der Waals surface area contributed by atoms with E-state index in [-0.39, 0.29) is 70.6 Å². The quantitative estimate of drug-likeness (QED) is 0.246. The predicted octanol–water partition coefficient (Wildman–Crippen LogP) is 4.56. The Morgan fingerprint density at radius 1 is 1.10 bits per heavy atom. The van der Waals surface area contributed by atoms with Crippen molar-refractivity contribution in [3.63, 3.8) is 0 Å². The van der Waals surface area contributed by atoms with Crippen molar-refractivity contribution in [3.05, 3.63) is 41.5 Å². The third-order valence-electron chi connectivity index (χ3n) is 12.3. The smallest absolute Gasteiger partial charge is 0.319 e. The number of halogens is 2. The van der Waals surface area contributed by atoms with E-state index in [1.165, 1.54) is 18.6 Å². The summed E-state index contributed by atoms with van der Waals surface area (Å²) in [7, 11) is 0. The Balaban J connectivity index is 1.09. The lowest BCUT2D eigenvalue weighted by Gasteiger charge is -2.40. The first-order valence-electron chi connectivity index (χ1n) is 17.8. The summed E-state index contributed by atoms with van der Waals surface area (Å²) < 4.78 is 45.1. The van der Waals surface area contributed by atoms with Gasteiger partial charge in [0, 0.05) is 48.7 Å². The van der Waals surface area contributed by atoms with Gasteiger partial charge in [-0.3, -0.25) is 4.90 Å². The summed E-state index contributed by atoms with van der Waals surface area (Å²) in [5.41, 5.74) is 0.600. The molecule has 6 aliphatic rings. The number of phenols is 1. The molecule has 6 heterocycles. The van der Waals surface area contributed by atoms with Crippen LogP contribution < -0.4 is 19.7 Å². The topological polar surface area (TPSA) is 116 Å². The average Bonchev–Trinajstić information content (AvgIpc) is 3.99. The number of pyridine rings is 1. The second-order valence-corrected chi connectivity index (χ2v) is 15.3. The van der Waals surface area contributed by atoms with E-state index >= 15 is 8.78 Å². The highest BCUT2D eigenvalue weighted by atomic mass is 19.1. The minimum absolute atomic E-state index is 0.0299. The lowest BCUT2D eigenvalue weighted by molar-refractivity contribution is 0.0966. The van der Waals surface area contributed by atoms with Gasteiger partial charge in [0.1, 0.15) is 40.6 Å². The van der Waals surface area contributed by atoms with Gasteiger partial charge in [0.15, 0.2) is 5.82 Å². The standard InChI is InChI=1S/C37H40F2N6O4/c1-2-22-25(38)5-3-18-9-21(47)11-24(29(18)22)32-31(39)33-30-34(45-13-20-4-6-26(40-20)28(45)15-48-35(30)41-32)43-36(42-33)49-17-37(7-8-37)16-44-12-19-10-23(19)27(44)14-46/h3,5,9,11,19-20,23,26-28,40,46-47H,2,4,6-8,10,12-17H2,1H3/t19-,20-,23-,26+,27+,28-/m1/s1. The first kappa shape index (κ1) is 30.0. The average molecular weight is 671 g/mol. The van der Waals surface area contributed by atoms with Gasteiger partial charge in [0.05, 0.1) is 19.3 Å². The molecular formula is C37H40F2N6O4. The number of rotatable bonds is 8. The molecule has 2 bridgehead atoms. The Hall–Kier alpha value is -3.87. The number of nitrogens with one attached hydrogen (secondary N) is 1. The Morgan fingerprint density at radius 2 is 1.98 bits per heavy atom. The third-order valence-corrected chi connectivity index (χ3v) is 12.3. The number of hydrogen-bond acceptors (Lipinski definition) is 10. The van der Waals surface area contributed by atoms with Crippen molar-refractivity contribution in [1.82, 2.24) is 25.2 Å². The number of anilines is 1. The van der Waals surface area contributed by atoms with Crippen LogP contribution in [0.2, 0.25) is 0 Å². The molecule has 3 saturated heterocycles. The number of aromatic hydroxyl groups is 1. The lowest BCUT2D eigenvalue weighted by Crippen LogP contribution is -2.60. The number of piperidine rings is 1. The molecule has 6 atom stereocenters. The highest BCUT2D eigenvalue weighted by molar-refractivity contribution is 6.03. The highest BCUT2D eigenvalue weighted by Crippen LogP contribution is 2.54. The molecule has 2 aliphatic carbocycles. The number of aryl methyl sites for hydroxylation is 1. The van der Waals surface area contributed by atoms with Crippen LogP contribution in [0.3, 0.4) is 0 Å². The number of likely N-dealkylation sites (tertiary alicyclic amines) is 1. The molecule has 49 heavy (non-hydrogen) atoms. The van der Waals surface area contributed by atoms with Crippen LogP contribution in [0.15, 0.2) is 24.3 Å². The summed E-state index contributed by atoms with van der Waals surface area (Å²) in [6, 6.07) is 6.71. The van der Waals surface area contributed by atoms with Gasteiger partial charge in [-0.2, -0.15) is 9.97 Å². The van der Waals surface area contributed by atoms with Crippen LogP contribution in [0.4, 0.5) is 14.6 Å². The molecule has 10 nitrogen and oxygen atoms in total. The van der Waals surface area contributed by atoms with Crippen LogP contribution in [0.1, 0.15) is 44.6 Å². The lowest BCUT2D eigenvalue weighted by atomic mass is 9.94. The van der Waals surface area contributed by atoms with Crippen molar-refractivity contribution in [1.29, 1.82) is 0 Å². The Bertz CT molecular complexity index is 2030. The van der Waals surface area contributed by atoms with Gasteiger partial charge in [-0.05, 0) is 84.9 Å². The van der Waals surface area contributed by atoms with Crippen LogP contribution in [0.5, 0.6) is 17.6 Å². The zero-order chi connectivity index (χ0) is 33.2. The van der Waals surface area contributed by atoms with Crippen LogP contribution in [-0.4, -0.2) is 93.7 Å². The molecule has 4 aliphatic heterocycles. The van der Waals surface area contributed by atoms with E-state index in [0.717, 1.165) is 38.8 Å². The molecule has 2 aromatic carbocycles. The first-order chi connectivity index (χ1) is 23.8. The Kier molecular flexibility index (Phi) is 6.62. The SMILES string of the molecule is CCc1c(F)ccc2cc(O)cc(-c3nc4c5c(nc(OCC6(CN7C[C@H]8C[C@H]8[C@@H]7CO)CC6)nc5c3F)N3C[C@H]5CC[C@H](N5)[C@H]3CO4)c12. The van der Waals surface area contributed by atoms with Gasteiger partial charge >= 0.3 is 6.01 Å². The number of aliphatic hydroxyl groups is 1. The second-order valence-electron chi connectivity index (χ2n) is 15.3. The molecule has 2 saturated carbocycles. The molecule has 10 rings (SSSR count). The molecule has 3 N–H and O–H groups in total. The summed E-state index contributed by atoms with van der Waals surface area (Å²) in [6.45, 7) is 5.33. The van der Waals surface area contributed by atoms with Gasteiger partial charge in [-0.25, -0.2) is 13.8 Å². The summed E-state index contributed by atoms with van der Waals surface area (Å²) in [6.07, 6.45) is 5.67. The fraction of sp³-hybridized carbons (Fsp3) is 0.541. The minimum atomic E-state index is -0.700. The Morgan fingerprint density at radius 3 is 2.80 bits per heavy atom. The van der Waals surface area contributed by atoms with Crippen molar-refractivity contribution in [2.45, 2.75) is 69.6 Å². The maximum atomic E-state index is 17.2. The molecule has 0 unspecified atom stereocenters. The van der Waals surface area contributed by atoms with Crippen LogP contribution >= 0.6 is 0 Å². The normalized spacial score (nSPS) is 29.1. The van der Waals surface area contributed by atoms with E-state index in [1.807, 2.05) is 6.92 Å². The zero-order valence-corrected chi connectivity index (χ0v) is 27.5. The number of hydrogen-bond donors (Lipinski definition) is 3. The zero-order valence-electron chi connectivity index (χ0n) is 27.5. The van der Waals surface area contributed by atoms with Gasteiger partial charge < -0.3 is 29.9 Å². The fourth-order valence-corrected chi connectivity index (χ4v) is 9.46. The van der Waals surface area contributed by atoms with E-state index < -0.39 is 11.6 Å². The van der Waals surface area contributed by atoms with Crippen LogP contribution in [-0.2, 0) is 6.42 Å². The number of aromatic nitrogens is 3. The number of fused-ring (bicyclic) bond motifs is 7. The van der Waals surface area contributed by atoms with Crippen LogP contribution in [0, 0.1) is 28.9 Å². The fourth-order valence-electron chi connectivity index (χ4n) is 9.46. The molecule has 2 aromatic heterocycles. The van der Waals surface area contributed by atoms with E-state index in [9.17, 15) is 10.2 Å². The molecule has 256 valence electrons. The number of phenolic OH excluding ortho intramolecular Hbond substituents is 1. The second kappa shape index (κ2) is 10.8. The summed E-state index contributed by atoms with van der Waals surface area (Å²) >= 11 is 0. The van der Waals surface area contributed by atoms with Crippen molar-refractivity contribution in [3.8, 4) is 28.9 Å². The van der Waals surface area contributed by atoms with Crippen molar-refractivity contribution in [2.24, 2.45) is 17.3 Å². The summed E-state index contributed by atoms with van der Waals surface area (Å²) in [5.74, 6) is 0.902. The van der Waals surface area contributed by atoms with E-state index in [2.05, 4.69) is 15.1 Å². The van der Waals surface area contributed by atoms with E-state index in [1.54, 1.807) is 12.1 Å². The molecule has 5 fully saturated rings. The van der Waals surface area contributed by atoms with Gasteiger partial charge in [-0.15, -0.1) is 0 Å². The largest absolute Gasteiger partial charge is 0.508 e. The molecule has 0 amide bonds. The van der Waals surface area contributed by atoms with Crippen molar-refractivity contribution < 1.29 is 28.5 Å². The first-order valence-corrected chi connectivity index (χ1v) is 17.8. The van der Waals surface area contributed by atoms with Crippen molar-refractivity contribution >= 4 is 27.5 Å².